The summed E-state index contributed by atoms with van der Waals surface area (Å²) in [5.41, 5.74) is 7.92. The number of anilines is 2. The molecule has 3 heterocycles. The van der Waals surface area contributed by atoms with Crippen LogP contribution < -0.4 is 21.7 Å². The molecule has 1 aromatic heterocycles. The molecule has 0 radical (unpaired) electrons. The Morgan fingerprint density at radius 2 is 2.06 bits per heavy atom. The summed E-state index contributed by atoms with van der Waals surface area (Å²) in [6.07, 6.45) is 3.42. The van der Waals surface area contributed by atoms with Crippen LogP contribution in [0, 0.1) is 0 Å². The van der Waals surface area contributed by atoms with E-state index in [4.69, 9.17) is 5.73 Å². The number of allylic oxidation sites excluding steroid dienone is 2. The zero-order chi connectivity index (χ0) is 22.9. The van der Waals surface area contributed by atoms with E-state index in [0.717, 1.165) is 10.4 Å². The smallest absolute Gasteiger partial charge is 0.383 e. The number of amides is 2. The van der Waals surface area contributed by atoms with E-state index in [1.54, 1.807) is 54.1 Å². The van der Waals surface area contributed by atoms with Crippen molar-refractivity contribution in [1.29, 1.82) is 0 Å². The number of aromatic nitrogens is 2. The molecule has 2 aliphatic rings. The molecular weight excluding hydrogens is 427 g/mol. The minimum Gasteiger partial charge on any atom is -0.383 e. The van der Waals surface area contributed by atoms with Gasteiger partial charge in [0.1, 0.15) is 18.5 Å². The summed E-state index contributed by atoms with van der Waals surface area (Å²) in [6.45, 7) is -1.43. The number of urea groups is 1. The molecule has 0 aliphatic carbocycles. The van der Waals surface area contributed by atoms with Gasteiger partial charge in [-0.2, -0.15) is 23.0 Å². The van der Waals surface area contributed by atoms with Gasteiger partial charge in [0.2, 0.25) is 0 Å². The fourth-order valence-corrected chi connectivity index (χ4v) is 3.25. The summed E-state index contributed by atoms with van der Waals surface area (Å²) < 4.78 is 37.9. The highest BCUT2D eigenvalue weighted by atomic mass is 19.4. The van der Waals surface area contributed by atoms with Crippen molar-refractivity contribution in [2.75, 3.05) is 17.6 Å². The Morgan fingerprint density at radius 3 is 2.78 bits per heavy atom. The third-order valence-corrected chi connectivity index (χ3v) is 4.70. The minimum atomic E-state index is -4.49. The number of fused-ring (bicyclic) bond motifs is 1. The highest BCUT2D eigenvalue weighted by Gasteiger charge is 2.29. The Bertz CT molecular complexity index is 1150. The predicted octanol–water partition coefficient (Wildman–Crippen LogP) is 2.47. The fourth-order valence-electron chi connectivity index (χ4n) is 3.25. The van der Waals surface area contributed by atoms with Crippen molar-refractivity contribution in [1.82, 2.24) is 25.3 Å². The summed E-state index contributed by atoms with van der Waals surface area (Å²) in [7, 11) is 0. The van der Waals surface area contributed by atoms with E-state index in [0.29, 0.717) is 16.8 Å². The van der Waals surface area contributed by atoms with Crippen LogP contribution in [0.15, 0.2) is 66.7 Å². The third kappa shape index (κ3) is 4.43. The summed E-state index contributed by atoms with van der Waals surface area (Å²) >= 11 is 0. The van der Waals surface area contributed by atoms with Gasteiger partial charge in [-0.15, -0.1) is 0 Å². The van der Waals surface area contributed by atoms with E-state index in [2.05, 4.69) is 15.7 Å². The van der Waals surface area contributed by atoms with Crippen LogP contribution >= 0.6 is 0 Å². The standard InChI is InChI=1S/C20H18F3N7O2/c21-20(22,23)11-26-19(32)28-14-3-1-2-12(8-14)15-10-25-17-9-13(5-7-29(15)17)18(31)30-16(24)4-6-27-30/h1-10,17,25H,11,24H2,(H2,26,28,32). The van der Waals surface area contributed by atoms with Gasteiger partial charge in [0.25, 0.3) is 5.91 Å². The van der Waals surface area contributed by atoms with Crippen LogP contribution in [0.2, 0.25) is 0 Å². The van der Waals surface area contributed by atoms with Gasteiger partial charge in [0.15, 0.2) is 0 Å². The Morgan fingerprint density at radius 1 is 1.25 bits per heavy atom. The third-order valence-electron chi connectivity index (χ3n) is 4.70. The van der Waals surface area contributed by atoms with E-state index in [-0.39, 0.29) is 17.9 Å². The second-order valence-electron chi connectivity index (χ2n) is 6.96. The van der Waals surface area contributed by atoms with Crippen molar-refractivity contribution in [3.05, 3.63) is 72.2 Å². The first-order chi connectivity index (χ1) is 15.2. The van der Waals surface area contributed by atoms with Crippen LogP contribution in [-0.2, 0) is 0 Å². The molecule has 0 bridgehead atoms. The summed E-state index contributed by atoms with van der Waals surface area (Å²) in [4.78, 5) is 26.2. The van der Waals surface area contributed by atoms with Crippen molar-refractivity contribution < 1.29 is 22.8 Å². The second kappa shape index (κ2) is 8.13. The van der Waals surface area contributed by atoms with Crippen molar-refractivity contribution in [2.45, 2.75) is 12.3 Å². The number of nitrogens with one attached hydrogen (secondary N) is 3. The van der Waals surface area contributed by atoms with Crippen LogP contribution in [0.3, 0.4) is 0 Å². The zero-order valence-corrected chi connectivity index (χ0v) is 16.4. The topological polar surface area (TPSA) is 117 Å². The maximum absolute atomic E-state index is 12.6. The molecule has 0 saturated heterocycles. The van der Waals surface area contributed by atoms with Crippen molar-refractivity contribution >= 4 is 29.1 Å². The molecule has 1 aromatic carbocycles. The molecule has 0 fully saturated rings. The number of nitrogens with two attached hydrogens (primary N) is 1. The predicted molar refractivity (Wildman–Crippen MR) is 111 cm³/mol. The van der Waals surface area contributed by atoms with Crippen LogP contribution in [0.4, 0.5) is 29.5 Å². The van der Waals surface area contributed by atoms with Gasteiger partial charge in [0.05, 0.1) is 11.9 Å². The molecule has 12 heteroatoms. The normalized spacial score (nSPS) is 17.2. The Hall–Kier alpha value is -4.22. The highest BCUT2D eigenvalue weighted by Crippen LogP contribution is 2.30. The van der Waals surface area contributed by atoms with Crippen LogP contribution in [0.5, 0.6) is 0 Å². The van der Waals surface area contributed by atoms with E-state index >= 15 is 0 Å². The largest absolute Gasteiger partial charge is 0.405 e. The molecule has 0 spiro atoms. The van der Waals surface area contributed by atoms with Crippen LogP contribution in [0.25, 0.3) is 5.70 Å². The fraction of sp³-hybridized carbons (Fsp3) is 0.150. The van der Waals surface area contributed by atoms with Crippen LogP contribution in [0.1, 0.15) is 10.4 Å². The first-order valence-corrected chi connectivity index (χ1v) is 9.42. The maximum atomic E-state index is 12.6. The number of carbonyl (C=O) groups excluding carboxylic acids is 2. The lowest BCUT2D eigenvalue weighted by atomic mass is 10.1. The highest BCUT2D eigenvalue weighted by molar-refractivity contribution is 5.99. The Balaban J connectivity index is 1.45. The maximum Gasteiger partial charge on any atom is 0.405 e. The van der Waals surface area contributed by atoms with Crippen molar-refractivity contribution in [3.8, 4) is 0 Å². The molecule has 2 aromatic rings. The SMILES string of the molecule is Nc1ccnn1C(=O)C1=CC2NC=C(c3cccc(NC(=O)NCC(F)(F)F)c3)N2C=C1. The average Bonchev–Trinajstić information content (AvgIpc) is 3.37. The molecule has 5 N–H and O–H groups in total. The molecule has 0 saturated carbocycles. The quantitative estimate of drug-likeness (QED) is 0.575. The number of halogens is 3. The molecule has 1 atom stereocenters. The first-order valence-electron chi connectivity index (χ1n) is 9.42. The van der Waals surface area contributed by atoms with Gasteiger partial charge in [0, 0.05) is 35.3 Å². The molecule has 9 nitrogen and oxygen atoms in total. The van der Waals surface area contributed by atoms with Crippen LogP contribution in [-0.4, -0.2) is 45.5 Å². The lowest BCUT2D eigenvalue weighted by Crippen LogP contribution is -2.36. The van der Waals surface area contributed by atoms with Gasteiger partial charge < -0.3 is 26.6 Å². The summed E-state index contributed by atoms with van der Waals surface area (Å²) in [5, 5.41) is 11.2. The first kappa shape index (κ1) is 21.0. The molecule has 2 aliphatic heterocycles. The van der Waals surface area contributed by atoms with E-state index < -0.39 is 18.8 Å². The molecule has 4 rings (SSSR count). The Kier molecular flexibility index (Phi) is 5.34. The van der Waals surface area contributed by atoms with Gasteiger partial charge in [-0.05, 0) is 24.3 Å². The lowest BCUT2D eigenvalue weighted by Gasteiger charge is -2.27. The number of nitrogens with zero attached hydrogens (tertiary/aromatic N) is 3. The van der Waals surface area contributed by atoms with Crippen molar-refractivity contribution in [2.24, 2.45) is 0 Å². The molecular formula is C20H18F3N7O2. The number of alkyl halides is 3. The summed E-state index contributed by atoms with van der Waals surface area (Å²) in [5.74, 6) is -0.136. The number of rotatable bonds is 4. The van der Waals surface area contributed by atoms with Gasteiger partial charge in [-0.3, -0.25) is 4.79 Å². The lowest BCUT2D eigenvalue weighted by molar-refractivity contribution is -0.122. The molecule has 166 valence electrons. The van der Waals surface area contributed by atoms with Crippen molar-refractivity contribution in [3.63, 3.8) is 0 Å². The number of hydrogen-bond acceptors (Lipinski definition) is 6. The molecule has 32 heavy (non-hydrogen) atoms. The second-order valence-corrected chi connectivity index (χ2v) is 6.96. The number of benzene rings is 1. The molecule has 2 amide bonds. The molecule has 1 unspecified atom stereocenters. The van der Waals surface area contributed by atoms with E-state index in [1.165, 1.54) is 12.3 Å². The Labute approximate surface area is 180 Å². The van der Waals surface area contributed by atoms with E-state index in [9.17, 15) is 22.8 Å². The number of hydrogen-bond donors (Lipinski definition) is 4. The number of nitrogen functional groups attached to an aromatic ring is 1. The number of carbonyl (C=O) groups is 2. The van der Waals surface area contributed by atoms with Gasteiger partial charge in [-0.25, -0.2) is 4.79 Å². The van der Waals surface area contributed by atoms with Gasteiger partial charge >= 0.3 is 12.2 Å². The summed E-state index contributed by atoms with van der Waals surface area (Å²) in [6, 6.07) is 7.21. The zero-order valence-electron chi connectivity index (χ0n) is 16.4. The van der Waals surface area contributed by atoms with Gasteiger partial charge in [-0.1, -0.05) is 12.1 Å². The monoisotopic (exact) mass is 445 g/mol. The van der Waals surface area contributed by atoms with E-state index in [1.807, 2.05) is 4.90 Å². The average molecular weight is 445 g/mol. The minimum absolute atomic E-state index is 0.230.